The maximum atomic E-state index is 13.1. The van der Waals surface area contributed by atoms with Crippen molar-refractivity contribution in [2.45, 2.75) is 17.9 Å². The van der Waals surface area contributed by atoms with Crippen LogP contribution in [0.2, 0.25) is 5.02 Å². The fraction of sp³-hybridized carbons (Fsp3) is 0.300. The number of piperazine rings is 1. The smallest absolute Gasteiger partial charge is 0.339 e. The molecule has 0 saturated carbocycles. The van der Waals surface area contributed by atoms with Crippen molar-refractivity contribution in [2.24, 2.45) is 0 Å². The van der Waals surface area contributed by atoms with E-state index < -0.39 is 22.1 Å². The van der Waals surface area contributed by atoms with E-state index in [9.17, 15) is 17.6 Å². The summed E-state index contributed by atoms with van der Waals surface area (Å²) < 4.78 is 45.6. The Balaban J connectivity index is 1.77. The van der Waals surface area contributed by atoms with Crippen molar-refractivity contribution in [3.63, 3.8) is 0 Å². The van der Waals surface area contributed by atoms with Gasteiger partial charge in [0.2, 0.25) is 10.0 Å². The van der Waals surface area contributed by atoms with Gasteiger partial charge in [-0.1, -0.05) is 11.6 Å². The minimum Gasteiger partial charge on any atom is -0.444 e. The first-order valence-corrected chi connectivity index (χ1v) is 10.9. The van der Waals surface area contributed by atoms with Crippen molar-refractivity contribution in [3.05, 3.63) is 58.9 Å². The highest BCUT2D eigenvalue weighted by Crippen LogP contribution is 2.28. The number of benzene rings is 2. The first kappa shape index (κ1) is 22.0. The van der Waals surface area contributed by atoms with Gasteiger partial charge in [-0.2, -0.15) is 9.57 Å². The highest BCUT2D eigenvalue weighted by atomic mass is 35.5. The van der Waals surface area contributed by atoms with Crippen LogP contribution in [0.25, 0.3) is 0 Å². The molecule has 0 bridgehead atoms. The predicted octanol–water partition coefficient (Wildman–Crippen LogP) is 3.06. The predicted molar refractivity (Wildman–Crippen MR) is 109 cm³/mol. The van der Waals surface area contributed by atoms with Crippen LogP contribution in [0.5, 0.6) is 0 Å². The molecule has 0 N–H and O–H groups in total. The first-order chi connectivity index (χ1) is 14.2. The van der Waals surface area contributed by atoms with Crippen LogP contribution in [0.15, 0.2) is 47.4 Å². The van der Waals surface area contributed by atoms with Crippen molar-refractivity contribution in [2.75, 3.05) is 31.1 Å². The number of rotatable bonds is 5. The van der Waals surface area contributed by atoms with Gasteiger partial charge in [0.1, 0.15) is 16.8 Å². The maximum Gasteiger partial charge on any atom is 0.339 e. The van der Waals surface area contributed by atoms with E-state index in [1.807, 2.05) is 4.90 Å². The second kappa shape index (κ2) is 9.00. The van der Waals surface area contributed by atoms with Crippen molar-refractivity contribution in [3.8, 4) is 6.07 Å². The summed E-state index contributed by atoms with van der Waals surface area (Å²) >= 11 is 6.12. The molecule has 0 unspecified atom stereocenters. The Hall–Kier alpha value is -2.67. The molecular weight excluding hydrogens is 433 g/mol. The molecule has 3 rings (SSSR count). The van der Waals surface area contributed by atoms with Gasteiger partial charge in [0, 0.05) is 31.9 Å². The standard InChI is InChI=1S/C20H19ClFN3O4S/c1-14(13-23)29-20(26)15-2-7-18(21)19(12-15)30(27,28)25-10-8-24(9-11-25)17-5-3-16(22)4-6-17/h2-7,12,14H,8-11H2,1H3/t14-/m1/s1. The first-order valence-electron chi connectivity index (χ1n) is 9.13. The van der Waals surface area contributed by atoms with Crippen LogP contribution in [0.3, 0.4) is 0 Å². The van der Waals surface area contributed by atoms with Gasteiger partial charge >= 0.3 is 5.97 Å². The largest absolute Gasteiger partial charge is 0.444 e. The highest BCUT2D eigenvalue weighted by molar-refractivity contribution is 7.89. The minimum absolute atomic E-state index is 0.00924. The van der Waals surface area contributed by atoms with Crippen LogP contribution in [0, 0.1) is 17.1 Å². The number of nitriles is 1. The van der Waals surface area contributed by atoms with Crippen molar-refractivity contribution in [1.82, 2.24) is 4.31 Å². The molecule has 0 aromatic heterocycles. The molecule has 2 aromatic carbocycles. The van der Waals surface area contributed by atoms with Gasteiger partial charge in [-0.15, -0.1) is 0 Å². The summed E-state index contributed by atoms with van der Waals surface area (Å²) in [6.07, 6.45) is -0.965. The molecular formula is C20H19ClFN3O4S. The Kier molecular flexibility index (Phi) is 6.61. The summed E-state index contributed by atoms with van der Waals surface area (Å²) in [6, 6.07) is 11.6. The van der Waals surface area contributed by atoms with Gasteiger partial charge in [-0.25, -0.2) is 17.6 Å². The van der Waals surface area contributed by atoms with E-state index in [0.717, 1.165) is 11.8 Å². The lowest BCUT2D eigenvalue weighted by Crippen LogP contribution is -2.48. The molecule has 1 aliphatic heterocycles. The van der Waals surface area contributed by atoms with Gasteiger partial charge in [-0.05, 0) is 49.4 Å². The molecule has 2 aromatic rings. The van der Waals surface area contributed by atoms with Crippen LogP contribution >= 0.6 is 11.6 Å². The Morgan fingerprint density at radius 2 is 1.80 bits per heavy atom. The molecule has 0 amide bonds. The number of halogens is 2. The lowest BCUT2D eigenvalue weighted by atomic mass is 10.2. The van der Waals surface area contributed by atoms with Crippen LogP contribution in [-0.4, -0.2) is 51.0 Å². The van der Waals surface area contributed by atoms with E-state index in [-0.39, 0.29) is 34.4 Å². The van der Waals surface area contributed by atoms with E-state index >= 15 is 0 Å². The fourth-order valence-corrected chi connectivity index (χ4v) is 4.98. The molecule has 0 aliphatic carbocycles. The second-order valence-corrected chi connectivity index (χ2v) is 9.00. The number of esters is 1. The lowest BCUT2D eigenvalue weighted by molar-refractivity contribution is 0.0435. The average Bonchev–Trinajstić information content (AvgIpc) is 2.74. The number of hydrogen-bond acceptors (Lipinski definition) is 6. The number of ether oxygens (including phenoxy) is 1. The Labute approximate surface area is 179 Å². The zero-order valence-corrected chi connectivity index (χ0v) is 17.7. The molecule has 0 radical (unpaired) electrons. The molecule has 158 valence electrons. The third-order valence-electron chi connectivity index (χ3n) is 4.68. The van der Waals surface area contributed by atoms with Crippen LogP contribution in [0.1, 0.15) is 17.3 Å². The summed E-state index contributed by atoms with van der Waals surface area (Å²) in [6.45, 7) is 2.66. The normalized spacial score (nSPS) is 16.0. The molecule has 1 fully saturated rings. The number of hydrogen-bond donors (Lipinski definition) is 0. The molecule has 1 aliphatic rings. The van der Waals surface area contributed by atoms with Gasteiger partial charge in [0.15, 0.2) is 6.10 Å². The molecule has 0 spiro atoms. The third kappa shape index (κ3) is 4.73. The van der Waals surface area contributed by atoms with Gasteiger partial charge in [0.25, 0.3) is 0 Å². The summed E-state index contributed by atoms with van der Waals surface area (Å²) in [7, 11) is -3.95. The average molecular weight is 452 g/mol. The molecule has 10 heteroatoms. The van der Waals surface area contributed by atoms with Gasteiger partial charge in [-0.3, -0.25) is 0 Å². The number of carbonyl (C=O) groups excluding carboxylic acids is 1. The second-order valence-electron chi connectivity index (χ2n) is 6.69. The van der Waals surface area contributed by atoms with E-state index in [1.54, 1.807) is 18.2 Å². The lowest BCUT2D eigenvalue weighted by Gasteiger charge is -2.35. The minimum atomic E-state index is -3.95. The van der Waals surface area contributed by atoms with E-state index in [0.29, 0.717) is 13.1 Å². The van der Waals surface area contributed by atoms with E-state index in [2.05, 4.69) is 0 Å². The number of anilines is 1. The number of sulfonamides is 1. The number of carbonyl (C=O) groups is 1. The van der Waals surface area contributed by atoms with Crippen LogP contribution in [-0.2, 0) is 14.8 Å². The monoisotopic (exact) mass is 451 g/mol. The van der Waals surface area contributed by atoms with E-state index in [4.69, 9.17) is 21.6 Å². The summed E-state index contributed by atoms with van der Waals surface area (Å²) in [5.74, 6) is -1.14. The summed E-state index contributed by atoms with van der Waals surface area (Å²) in [5, 5.41) is 8.76. The van der Waals surface area contributed by atoms with Gasteiger partial charge < -0.3 is 9.64 Å². The SMILES string of the molecule is C[C@H](C#N)OC(=O)c1ccc(Cl)c(S(=O)(=O)N2CCN(c3ccc(F)cc3)CC2)c1. The highest BCUT2D eigenvalue weighted by Gasteiger charge is 2.31. The fourth-order valence-electron chi connectivity index (χ4n) is 3.06. The Bertz CT molecular complexity index is 1080. The molecule has 30 heavy (non-hydrogen) atoms. The molecule has 7 nitrogen and oxygen atoms in total. The zero-order valence-electron chi connectivity index (χ0n) is 16.1. The molecule has 1 heterocycles. The summed E-state index contributed by atoms with van der Waals surface area (Å²) in [4.78, 5) is 13.9. The third-order valence-corrected chi connectivity index (χ3v) is 7.06. The molecule has 1 atom stereocenters. The van der Waals surface area contributed by atoms with Gasteiger partial charge in [0.05, 0.1) is 10.6 Å². The van der Waals surface area contributed by atoms with Crippen LogP contribution in [0.4, 0.5) is 10.1 Å². The summed E-state index contributed by atoms with van der Waals surface area (Å²) in [5.41, 5.74) is 0.799. The number of nitrogens with zero attached hydrogens (tertiary/aromatic N) is 3. The van der Waals surface area contributed by atoms with E-state index in [1.165, 1.54) is 35.5 Å². The topological polar surface area (TPSA) is 90.7 Å². The molecule has 1 saturated heterocycles. The maximum absolute atomic E-state index is 13.1. The van der Waals surface area contributed by atoms with Crippen molar-refractivity contribution in [1.29, 1.82) is 5.26 Å². The van der Waals surface area contributed by atoms with Crippen molar-refractivity contribution >= 4 is 33.3 Å². The van der Waals surface area contributed by atoms with Crippen molar-refractivity contribution < 1.29 is 22.3 Å². The van der Waals surface area contributed by atoms with Crippen LogP contribution < -0.4 is 4.90 Å². The Morgan fingerprint density at radius 3 is 2.40 bits per heavy atom. The Morgan fingerprint density at radius 1 is 1.17 bits per heavy atom. The quantitative estimate of drug-likeness (QED) is 0.649. The zero-order chi connectivity index (χ0) is 21.9.